The Morgan fingerprint density at radius 2 is 2.06 bits per heavy atom. The van der Waals surface area contributed by atoms with Crippen molar-refractivity contribution >= 4 is 0 Å². The van der Waals surface area contributed by atoms with Crippen molar-refractivity contribution in [3.63, 3.8) is 0 Å². The van der Waals surface area contributed by atoms with Crippen LogP contribution in [0.3, 0.4) is 0 Å². The first kappa shape index (κ1) is 14.5. The maximum Gasteiger partial charge on any atom is 0.0661 e. The smallest absolute Gasteiger partial charge is 0.0661 e. The van der Waals surface area contributed by atoms with Crippen LogP contribution in [-0.2, 0) is 4.74 Å². The molecule has 17 heavy (non-hydrogen) atoms. The fraction of sp³-hybridized carbons (Fsp3) is 0.733. The second-order valence-corrected chi connectivity index (χ2v) is 4.88. The highest BCUT2D eigenvalue weighted by atomic mass is 16.5. The summed E-state index contributed by atoms with van der Waals surface area (Å²) in [6.07, 6.45) is 5.89. The van der Waals surface area contributed by atoms with Crippen LogP contribution in [0.4, 0.5) is 0 Å². The first-order chi connectivity index (χ1) is 8.16. The third kappa shape index (κ3) is 3.97. The highest BCUT2D eigenvalue weighted by molar-refractivity contribution is 5.30. The number of allylic oxidation sites excluding steroid dienone is 3. The number of likely N-dealkylation sites (N-methyl/N-ethyl adjacent to an activating group) is 1. The lowest BCUT2D eigenvalue weighted by Crippen LogP contribution is -2.44. The minimum Gasteiger partial charge on any atom is -0.378 e. The van der Waals surface area contributed by atoms with E-state index < -0.39 is 0 Å². The number of morpholine rings is 1. The molecule has 2 heteroatoms. The maximum absolute atomic E-state index is 5.57. The van der Waals surface area contributed by atoms with Crippen molar-refractivity contribution in [2.45, 2.75) is 40.2 Å². The number of hydrogen-bond donors (Lipinski definition) is 0. The lowest BCUT2D eigenvalue weighted by Gasteiger charge is -2.36. The van der Waals surface area contributed by atoms with Crippen LogP contribution in [0.5, 0.6) is 0 Å². The van der Waals surface area contributed by atoms with E-state index in [1.54, 1.807) is 5.57 Å². The van der Waals surface area contributed by atoms with Crippen molar-refractivity contribution in [3.05, 3.63) is 23.3 Å². The molecule has 0 spiro atoms. The average Bonchev–Trinajstić information content (AvgIpc) is 2.31. The molecule has 2 aliphatic rings. The number of nitrogens with zero attached hydrogens (tertiary/aromatic N) is 1. The molecule has 0 saturated carbocycles. The summed E-state index contributed by atoms with van der Waals surface area (Å²) < 4.78 is 5.57. The zero-order chi connectivity index (χ0) is 12.8. The molecule has 0 N–H and O–H groups in total. The molecule has 2 atom stereocenters. The van der Waals surface area contributed by atoms with Gasteiger partial charge < -0.3 is 4.74 Å². The highest BCUT2D eigenvalue weighted by Crippen LogP contribution is 2.27. The molecule has 1 aliphatic heterocycles. The van der Waals surface area contributed by atoms with Gasteiger partial charge in [-0.15, -0.1) is 0 Å². The van der Waals surface area contributed by atoms with Crippen LogP contribution >= 0.6 is 0 Å². The Labute approximate surface area is 106 Å². The largest absolute Gasteiger partial charge is 0.378 e. The van der Waals surface area contributed by atoms with E-state index in [2.05, 4.69) is 37.9 Å². The lowest BCUT2D eigenvalue weighted by molar-refractivity contribution is 0.0178. The number of ether oxygens (including phenoxy) is 1. The van der Waals surface area contributed by atoms with E-state index >= 15 is 0 Å². The van der Waals surface area contributed by atoms with Crippen molar-refractivity contribution in [2.75, 3.05) is 26.8 Å². The molecule has 0 aromatic heterocycles. The molecule has 0 bridgehead atoms. The second-order valence-electron chi connectivity index (χ2n) is 4.88. The number of rotatable bonds is 1. The molecule has 98 valence electrons. The van der Waals surface area contributed by atoms with E-state index in [-0.39, 0.29) is 0 Å². The second kappa shape index (κ2) is 6.97. The SMILES string of the molecule is CC.CC1=C[C@H](C)CC(C2COCCN2C)=C1. The standard InChI is InChI=1S/C13H21NO.C2H6/c1-10-6-11(2)8-12(7-10)13-9-15-5-4-14(13)3;1-2/h6-7,11,13H,4-5,8-9H2,1-3H3;1-2H3/t11-,13?;/m0./s1. The van der Waals surface area contributed by atoms with Gasteiger partial charge in [-0.3, -0.25) is 4.90 Å². The Morgan fingerprint density at radius 1 is 1.35 bits per heavy atom. The maximum atomic E-state index is 5.57. The van der Waals surface area contributed by atoms with Crippen LogP contribution in [0.25, 0.3) is 0 Å². The van der Waals surface area contributed by atoms with Crippen molar-refractivity contribution < 1.29 is 4.74 Å². The predicted octanol–water partition coefficient (Wildman–Crippen LogP) is 3.26. The molecule has 1 saturated heterocycles. The summed E-state index contributed by atoms with van der Waals surface area (Å²) in [4.78, 5) is 2.42. The van der Waals surface area contributed by atoms with E-state index in [1.165, 1.54) is 12.0 Å². The molecule has 0 aromatic rings. The van der Waals surface area contributed by atoms with E-state index in [0.29, 0.717) is 12.0 Å². The normalized spacial score (nSPS) is 29.9. The summed E-state index contributed by atoms with van der Waals surface area (Å²) in [5, 5.41) is 0. The minimum atomic E-state index is 0.504. The van der Waals surface area contributed by atoms with Gasteiger partial charge in [0.15, 0.2) is 0 Å². The zero-order valence-corrected chi connectivity index (χ0v) is 12.0. The van der Waals surface area contributed by atoms with Gasteiger partial charge in [-0.05, 0) is 31.9 Å². The fourth-order valence-corrected chi connectivity index (χ4v) is 2.59. The molecular formula is C15H27NO. The molecule has 0 amide bonds. The van der Waals surface area contributed by atoms with Gasteiger partial charge in [-0.2, -0.15) is 0 Å². The van der Waals surface area contributed by atoms with E-state index in [4.69, 9.17) is 4.74 Å². The van der Waals surface area contributed by atoms with E-state index in [9.17, 15) is 0 Å². The van der Waals surface area contributed by atoms with Gasteiger partial charge in [-0.1, -0.05) is 38.5 Å². The molecule has 1 fully saturated rings. The summed E-state index contributed by atoms with van der Waals surface area (Å²) in [6.45, 7) is 11.3. The first-order valence-electron chi connectivity index (χ1n) is 6.83. The van der Waals surface area contributed by atoms with Crippen molar-refractivity contribution in [1.29, 1.82) is 0 Å². The third-order valence-electron chi connectivity index (χ3n) is 3.34. The monoisotopic (exact) mass is 237 g/mol. The predicted molar refractivity (Wildman–Crippen MR) is 74.2 cm³/mol. The fourth-order valence-electron chi connectivity index (χ4n) is 2.59. The first-order valence-corrected chi connectivity index (χ1v) is 6.83. The Hall–Kier alpha value is -0.600. The Kier molecular flexibility index (Phi) is 5.93. The number of hydrogen-bond acceptors (Lipinski definition) is 2. The highest BCUT2D eigenvalue weighted by Gasteiger charge is 2.25. The Morgan fingerprint density at radius 3 is 2.65 bits per heavy atom. The zero-order valence-electron chi connectivity index (χ0n) is 12.0. The van der Waals surface area contributed by atoms with Gasteiger partial charge in [0.2, 0.25) is 0 Å². The van der Waals surface area contributed by atoms with Gasteiger partial charge in [0.25, 0.3) is 0 Å². The summed E-state index contributed by atoms with van der Waals surface area (Å²) in [5.41, 5.74) is 2.95. The summed E-state index contributed by atoms with van der Waals surface area (Å²) >= 11 is 0. The van der Waals surface area contributed by atoms with Crippen molar-refractivity contribution in [3.8, 4) is 0 Å². The Balaban J connectivity index is 0.000000686. The molecule has 2 nitrogen and oxygen atoms in total. The van der Waals surface area contributed by atoms with Gasteiger partial charge in [0.1, 0.15) is 0 Å². The summed E-state index contributed by atoms with van der Waals surface area (Å²) in [7, 11) is 2.20. The van der Waals surface area contributed by atoms with Crippen molar-refractivity contribution in [1.82, 2.24) is 4.90 Å². The van der Waals surface area contributed by atoms with Crippen LogP contribution in [0.1, 0.15) is 34.1 Å². The Bertz CT molecular complexity index is 293. The molecule has 0 radical (unpaired) electrons. The molecule has 0 aromatic carbocycles. The molecule has 1 aliphatic carbocycles. The molecule has 2 rings (SSSR count). The lowest BCUT2D eigenvalue weighted by atomic mass is 9.87. The van der Waals surface area contributed by atoms with Gasteiger partial charge >= 0.3 is 0 Å². The van der Waals surface area contributed by atoms with Crippen molar-refractivity contribution in [2.24, 2.45) is 5.92 Å². The van der Waals surface area contributed by atoms with E-state index in [0.717, 1.165) is 19.8 Å². The van der Waals surface area contributed by atoms with Crippen LogP contribution in [0, 0.1) is 5.92 Å². The third-order valence-corrected chi connectivity index (χ3v) is 3.34. The summed E-state index contributed by atoms with van der Waals surface area (Å²) in [5.74, 6) is 0.681. The van der Waals surface area contributed by atoms with Crippen LogP contribution in [0.15, 0.2) is 23.3 Å². The topological polar surface area (TPSA) is 12.5 Å². The summed E-state index contributed by atoms with van der Waals surface area (Å²) in [6, 6.07) is 0.504. The average molecular weight is 237 g/mol. The molecular weight excluding hydrogens is 210 g/mol. The van der Waals surface area contributed by atoms with E-state index in [1.807, 2.05) is 13.8 Å². The van der Waals surface area contributed by atoms with Crippen LogP contribution in [-0.4, -0.2) is 37.7 Å². The molecule has 1 heterocycles. The van der Waals surface area contributed by atoms with Gasteiger partial charge in [0, 0.05) is 6.54 Å². The van der Waals surface area contributed by atoms with Gasteiger partial charge in [0.05, 0.1) is 19.3 Å². The molecule has 1 unspecified atom stereocenters. The van der Waals surface area contributed by atoms with Crippen LogP contribution < -0.4 is 0 Å². The quantitative estimate of drug-likeness (QED) is 0.694. The van der Waals surface area contributed by atoms with Crippen LogP contribution in [0.2, 0.25) is 0 Å². The van der Waals surface area contributed by atoms with Gasteiger partial charge in [-0.25, -0.2) is 0 Å². The minimum absolute atomic E-state index is 0.504.